The second-order valence-corrected chi connectivity index (χ2v) is 12.0. The van der Waals surface area contributed by atoms with E-state index in [-0.39, 0.29) is 4.90 Å². The number of morpholine rings is 1. The van der Waals surface area contributed by atoms with Crippen LogP contribution in [0, 0.1) is 0 Å². The lowest BCUT2D eigenvalue weighted by Crippen LogP contribution is -2.37. The summed E-state index contributed by atoms with van der Waals surface area (Å²) < 4.78 is 44.6. The van der Waals surface area contributed by atoms with Gasteiger partial charge in [-0.15, -0.1) is 0 Å². The lowest BCUT2D eigenvalue weighted by atomic mass is 10.1. The van der Waals surface area contributed by atoms with Crippen molar-refractivity contribution in [1.82, 2.24) is 14.4 Å². The number of nitrogens with zero attached hydrogens (tertiary/aromatic N) is 2. The summed E-state index contributed by atoms with van der Waals surface area (Å²) in [4.78, 5) is 19.9. The van der Waals surface area contributed by atoms with Crippen LogP contribution in [0.5, 0.6) is 5.75 Å². The monoisotopic (exact) mass is 595 g/mol. The van der Waals surface area contributed by atoms with Crippen LogP contribution < -0.4 is 10.2 Å². The van der Waals surface area contributed by atoms with Crippen LogP contribution in [-0.4, -0.2) is 75.5 Å². The minimum atomic E-state index is -3.84. The summed E-state index contributed by atoms with van der Waals surface area (Å²) in [5.41, 5.74) is 4.56. The van der Waals surface area contributed by atoms with Crippen molar-refractivity contribution in [2.75, 3.05) is 46.1 Å². The van der Waals surface area contributed by atoms with Gasteiger partial charge < -0.3 is 14.2 Å². The van der Waals surface area contributed by atoms with Gasteiger partial charge in [-0.05, 0) is 72.4 Å². The fourth-order valence-electron chi connectivity index (χ4n) is 4.78. The van der Waals surface area contributed by atoms with E-state index in [1.165, 1.54) is 24.5 Å². The summed E-state index contributed by atoms with van der Waals surface area (Å²) in [6.07, 6.45) is 8.91. The third-order valence-corrected chi connectivity index (χ3v) is 8.77. The molecule has 3 aromatic rings. The van der Waals surface area contributed by atoms with E-state index in [4.69, 9.17) is 19.0 Å². The fraction of sp³-hybridized carbons (Fsp3) is 0.387. The molecule has 11 heteroatoms. The number of nitrogens with one attached hydrogen (secondary N) is 1. The fourth-order valence-corrected chi connectivity index (χ4v) is 6.03. The Bertz CT molecular complexity index is 1440. The Balaban J connectivity index is 1.15. The van der Waals surface area contributed by atoms with E-state index in [0.717, 1.165) is 79.4 Å². The van der Waals surface area contributed by atoms with Gasteiger partial charge in [0.2, 0.25) is 0 Å². The van der Waals surface area contributed by atoms with Gasteiger partial charge in [0.25, 0.3) is 15.9 Å². The van der Waals surface area contributed by atoms with Crippen LogP contribution >= 0.6 is 0 Å². The number of hydrogen-bond acceptors (Lipinski definition) is 8. The molecule has 1 unspecified atom stereocenters. The maximum absolute atomic E-state index is 13.4. The van der Waals surface area contributed by atoms with Crippen LogP contribution in [0.2, 0.25) is 0 Å². The first kappa shape index (κ1) is 30.0. The molecule has 42 heavy (non-hydrogen) atoms. The van der Waals surface area contributed by atoms with E-state index < -0.39 is 22.2 Å². The SMILES string of the molecule is O=C(/C=C/c1ccn(S(=O)(=O)c2cccc(-c3ccc(OCCCN4CCOCC4)cc3)c2)c1)NOC1CCCCO1. The molecule has 1 amide bonds. The Kier molecular flexibility index (Phi) is 10.4. The van der Waals surface area contributed by atoms with E-state index in [1.807, 2.05) is 30.3 Å². The maximum atomic E-state index is 13.4. The summed E-state index contributed by atoms with van der Waals surface area (Å²) >= 11 is 0. The number of benzene rings is 2. The molecule has 1 atom stereocenters. The van der Waals surface area contributed by atoms with Crippen LogP contribution in [-0.2, 0) is 29.1 Å². The lowest BCUT2D eigenvalue weighted by Gasteiger charge is -2.26. The highest BCUT2D eigenvalue weighted by Gasteiger charge is 2.18. The zero-order valence-corrected chi connectivity index (χ0v) is 24.3. The second-order valence-electron chi connectivity index (χ2n) is 10.2. The van der Waals surface area contributed by atoms with Gasteiger partial charge in [0.1, 0.15) is 5.75 Å². The van der Waals surface area contributed by atoms with Crippen LogP contribution in [0.4, 0.5) is 0 Å². The van der Waals surface area contributed by atoms with Gasteiger partial charge in [-0.2, -0.15) is 0 Å². The van der Waals surface area contributed by atoms with Crippen molar-refractivity contribution in [3.8, 4) is 16.9 Å². The molecule has 2 aliphatic rings. The van der Waals surface area contributed by atoms with Gasteiger partial charge >= 0.3 is 0 Å². The number of rotatable bonds is 12. The summed E-state index contributed by atoms with van der Waals surface area (Å²) in [5.74, 6) is 0.317. The molecule has 0 saturated carbocycles. The standard InChI is InChI=1S/C31H37N3O7S/c35-30(32-41-31-7-1-2-19-40-31)13-8-25-14-16-34(24-25)42(36,37)29-6-3-5-27(23-29)26-9-11-28(12-10-26)39-20-4-15-33-17-21-38-22-18-33/h3,5-6,8-14,16,23-24,31H,1-2,4,7,15,17-22H2,(H,32,35)/b13-8+. The number of hydrogen-bond donors (Lipinski definition) is 1. The molecule has 3 heterocycles. The molecule has 1 N–H and O–H groups in total. The molecule has 2 aromatic carbocycles. The predicted molar refractivity (Wildman–Crippen MR) is 158 cm³/mol. The predicted octanol–water partition coefficient (Wildman–Crippen LogP) is 4.08. The molecule has 5 rings (SSSR count). The van der Waals surface area contributed by atoms with Crippen molar-refractivity contribution in [2.45, 2.75) is 36.9 Å². The first-order chi connectivity index (χ1) is 20.5. The van der Waals surface area contributed by atoms with Crippen molar-refractivity contribution in [2.24, 2.45) is 0 Å². The smallest absolute Gasteiger partial charge is 0.267 e. The first-order valence-corrected chi connectivity index (χ1v) is 15.7. The molecule has 0 bridgehead atoms. The van der Waals surface area contributed by atoms with Crippen LogP contribution in [0.1, 0.15) is 31.2 Å². The molecule has 10 nitrogen and oxygen atoms in total. The Morgan fingerprint density at radius 2 is 1.86 bits per heavy atom. The minimum absolute atomic E-state index is 0.160. The number of aromatic nitrogens is 1. The maximum Gasteiger partial charge on any atom is 0.267 e. The highest BCUT2D eigenvalue weighted by atomic mass is 32.2. The quantitative estimate of drug-likeness (QED) is 0.190. The normalized spacial score (nSPS) is 18.2. The third kappa shape index (κ3) is 8.30. The van der Waals surface area contributed by atoms with Crippen molar-refractivity contribution < 1.29 is 32.3 Å². The number of ether oxygens (including phenoxy) is 3. The number of carbonyl (C=O) groups is 1. The lowest BCUT2D eigenvalue weighted by molar-refractivity contribution is -0.198. The van der Waals surface area contributed by atoms with Crippen molar-refractivity contribution in [1.29, 1.82) is 0 Å². The van der Waals surface area contributed by atoms with Gasteiger partial charge in [0.05, 0.1) is 24.7 Å². The molecule has 2 saturated heterocycles. The van der Waals surface area contributed by atoms with E-state index in [9.17, 15) is 13.2 Å². The molecule has 0 aliphatic carbocycles. The van der Waals surface area contributed by atoms with E-state index in [2.05, 4.69) is 10.4 Å². The molecular weight excluding hydrogens is 558 g/mol. The van der Waals surface area contributed by atoms with Gasteiger partial charge in [-0.3, -0.25) is 9.69 Å². The molecular formula is C31H37N3O7S. The Labute approximate surface area is 246 Å². The minimum Gasteiger partial charge on any atom is -0.494 e. The van der Waals surface area contributed by atoms with E-state index in [0.29, 0.717) is 18.8 Å². The average Bonchev–Trinajstić information content (AvgIpc) is 3.53. The van der Waals surface area contributed by atoms with Crippen molar-refractivity contribution in [3.05, 3.63) is 78.6 Å². The second kappa shape index (κ2) is 14.6. The molecule has 1 aromatic heterocycles. The van der Waals surface area contributed by atoms with E-state index >= 15 is 0 Å². The number of hydroxylamine groups is 1. The van der Waals surface area contributed by atoms with Crippen molar-refractivity contribution >= 4 is 22.0 Å². The van der Waals surface area contributed by atoms with Crippen LogP contribution in [0.15, 0.2) is 78.0 Å². The highest BCUT2D eigenvalue weighted by Crippen LogP contribution is 2.26. The Hall–Kier alpha value is -3.48. The van der Waals surface area contributed by atoms with Gasteiger partial charge in [0.15, 0.2) is 6.29 Å². The zero-order valence-electron chi connectivity index (χ0n) is 23.5. The van der Waals surface area contributed by atoms with Gasteiger partial charge in [-0.1, -0.05) is 24.3 Å². The summed E-state index contributed by atoms with van der Waals surface area (Å²) in [7, 11) is -3.84. The van der Waals surface area contributed by atoms with Crippen LogP contribution in [0.25, 0.3) is 17.2 Å². The largest absolute Gasteiger partial charge is 0.494 e. The topological polar surface area (TPSA) is 108 Å². The first-order valence-electron chi connectivity index (χ1n) is 14.3. The summed E-state index contributed by atoms with van der Waals surface area (Å²) in [6.45, 7) is 5.76. The molecule has 0 radical (unpaired) electrons. The van der Waals surface area contributed by atoms with Gasteiger partial charge in [-0.25, -0.2) is 22.7 Å². The number of amides is 1. The van der Waals surface area contributed by atoms with Crippen molar-refractivity contribution in [3.63, 3.8) is 0 Å². The molecule has 0 spiro atoms. The molecule has 2 fully saturated rings. The third-order valence-electron chi connectivity index (χ3n) is 7.13. The van der Waals surface area contributed by atoms with Gasteiger partial charge in [0, 0.05) is 51.1 Å². The molecule has 2 aliphatic heterocycles. The number of carbonyl (C=O) groups excluding carboxylic acids is 1. The average molecular weight is 596 g/mol. The Morgan fingerprint density at radius 1 is 1.02 bits per heavy atom. The Morgan fingerprint density at radius 3 is 2.64 bits per heavy atom. The van der Waals surface area contributed by atoms with E-state index in [1.54, 1.807) is 24.3 Å². The zero-order chi connectivity index (χ0) is 29.2. The highest BCUT2D eigenvalue weighted by molar-refractivity contribution is 7.90. The summed E-state index contributed by atoms with van der Waals surface area (Å²) in [5, 5.41) is 0. The van der Waals surface area contributed by atoms with Crippen LogP contribution in [0.3, 0.4) is 0 Å². The summed E-state index contributed by atoms with van der Waals surface area (Å²) in [6, 6.07) is 16.1. The molecule has 224 valence electrons.